The van der Waals surface area contributed by atoms with E-state index in [1.54, 1.807) is 31.3 Å². The zero-order valence-corrected chi connectivity index (χ0v) is 18.7. The number of halogens is 1. The Morgan fingerprint density at radius 3 is 2.32 bits per heavy atom. The zero-order chi connectivity index (χ0) is 22.7. The average molecular weight is 463 g/mol. The quantitative estimate of drug-likeness (QED) is 0.639. The highest BCUT2D eigenvalue weighted by Gasteiger charge is 2.30. The van der Waals surface area contributed by atoms with Crippen LogP contribution in [0.5, 0.6) is 17.2 Å². The Labute approximate surface area is 188 Å². The van der Waals surface area contributed by atoms with Gasteiger partial charge in [0.1, 0.15) is 0 Å². The summed E-state index contributed by atoms with van der Waals surface area (Å²) in [6.45, 7) is 0. The van der Waals surface area contributed by atoms with Crippen molar-refractivity contribution in [3.05, 3.63) is 51.4 Å². The van der Waals surface area contributed by atoms with Crippen LogP contribution in [0.4, 0.5) is 5.69 Å². The SMILES string of the molecule is COc1cc(/C=C2/SC(=Nc3ccc(Cl)c(C(=O)O)c3)N(C)C2=O)cc(OC)c1OC. The second kappa shape index (κ2) is 9.32. The lowest BCUT2D eigenvalue weighted by Gasteiger charge is -2.13. The number of carbonyl (C=O) groups excluding carboxylic acids is 1. The molecule has 2 aromatic rings. The molecule has 8 nitrogen and oxygen atoms in total. The minimum Gasteiger partial charge on any atom is -0.493 e. The molecule has 10 heteroatoms. The summed E-state index contributed by atoms with van der Waals surface area (Å²) in [6, 6.07) is 7.86. The molecule has 1 aliphatic heterocycles. The van der Waals surface area contributed by atoms with Crippen molar-refractivity contribution in [2.24, 2.45) is 4.99 Å². The summed E-state index contributed by atoms with van der Waals surface area (Å²) in [5.74, 6) is -0.0140. The summed E-state index contributed by atoms with van der Waals surface area (Å²) >= 11 is 7.07. The fraction of sp³-hybridized carbons (Fsp3) is 0.190. The molecular formula is C21H19ClN2O6S. The topological polar surface area (TPSA) is 97.7 Å². The van der Waals surface area contributed by atoms with Gasteiger partial charge >= 0.3 is 5.97 Å². The van der Waals surface area contributed by atoms with Gasteiger partial charge < -0.3 is 19.3 Å². The van der Waals surface area contributed by atoms with E-state index in [1.807, 2.05) is 0 Å². The Morgan fingerprint density at radius 1 is 1.13 bits per heavy atom. The van der Waals surface area contributed by atoms with Gasteiger partial charge in [-0.2, -0.15) is 0 Å². The number of hydrogen-bond donors (Lipinski definition) is 1. The first-order chi connectivity index (χ1) is 14.8. The normalized spacial score (nSPS) is 16.2. The standard InChI is InChI=1S/C21H19ClN2O6S/c1-24-19(25)17(9-11-7-15(28-2)18(30-4)16(8-11)29-3)31-21(24)23-12-5-6-14(22)13(10-12)20(26)27/h5-10H,1-4H3,(H,26,27)/b17-9+,23-21?. The van der Waals surface area contributed by atoms with Crippen molar-refractivity contribution in [2.75, 3.05) is 28.4 Å². The van der Waals surface area contributed by atoms with E-state index in [0.717, 1.165) is 0 Å². The summed E-state index contributed by atoms with van der Waals surface area (Å²) in [6.07, 6.45) is 1.70. The molecule has 0 aromatic heterocycles. The number of carboxylic acid groups (broad SMARTS) is 1. The van der Waals surface area contributed by atoms with Gasteiger partial charge in [-0.15, -0.1) is 0 Å². The van der Waals surface area contributed by atoms with Gasteiger partial charge in [-0.3, -0.25) is 9.69 Å². The number of amides is 1. The number of likely N-dealkylation sites (N-methyl/N-ethyl adjacent to an activating group) is 1. The zero-order valence-electron chi connectivity index (χ0n) is 17.1. The van der Waals surface area contributed by atoms with Crippen LogP contribution in [-0.2, 0) is 4.79 Å². The van der Waals surface area contributed by atoms with E-state index in [4.69, 9.17) is 25.8 Å². The number of rotatable bonds is 6. The van der Waals surface area contributed by atoms with Crippen LogP contribution in [0.15, 0.2) is 40.2 Å². The van der Waals surface area contributed by atoms with Gasteiger partial charge in [0.05, 0.1) is 42.5 Å². The Morgan fingerprint density at radius 2 is 1.77 bits per heavy atom. The summed E-state index contributed by atoms with van der Waals surface area (Å²) < 4.78 is 16.0. The fourth-order valence-electron chi connectivity index (χ4n) is 2.84. The number of ether oxygens (including phenoxy) is 3. The van der Waals surface area contributed by atoms with Gasteiger partial charge in [-0.25, -0.2) is 9.79 Å². The lowest BCUT2D eigenvalue weighted by atomic mass is 10.1. The van der Waals surface area contributed by atoms with E-state index in [-0.39, 0.29) is 16.5 Å². The van der Waals surface area contributed by atoms with Crippen LogP contribution >= 0.6 is 23.4 Å². The summed E-state index contributed by atoms with van der Waals surface area (Å²) in [4.78, 5) is 30.3. The number of amidine groups is 1. The Hall–Kier alpha value is -3.17. The van der Waals surface area contributed by atoms with E-state index in [1.165, 1.54) is 50.1 Å². The van der Waals surface area contributed by atoms with Crippen LogP contribution in [-0.4, -0.2) is 55.4 Å². The number of benzene rings is 2. The summed E-state index contributed by atoms with van der Waals surface area (Å²) in [5.41, 5.74) is 0.992. The molecule has 3 rings (SSSR count). The molecule has 1 amide bonds. The molecule has 1 aliphatic rings. The molecule has 0 aliphatic carbocycles. The highest BCUT2D eigenvalue weighted by Crippen LogP contribution is 2.40. The number of carboxylic acids is 1. The third-order valence-corrected chi connectivity index (χ3v) is 5.78. The molecule has 0 saturated carbocycles. The van der Waals surface area contributed by atoms with E-state index >= 15 is 0 Å². The molecule has 1 heterocycles. The summed E-state index contributed by atoms with van der Waals surface area (Å²) in [7, 11) is 6.14. The van der Waals surface area contributed by atoms with Crippen molar-refractivity contribution in [3.8, 4) is 17.2 Å². The molecule has 0 atom stereocenters. The van der Waals surface area contributed by atoms with Gasteiger partial charge in [-0.1, -0.05) is 11.6 Å². The maximum Gasteiger partial charge on any atom is 0.337 e. The van der Waals surface area contributed by atoms with Crippen LogP contribution in [0.3, 0.4) is 0 Å². The number of aliphatic imine (C=N–C) groups is 1. The minimum atomic E-state index is -1.15. The Balaban J connectivity index is 1.97. The maximum atomic E-state index is 12.7. The van der Waals surface area contributed by atoms with Crippen molar-refractivity contribution in [1.29, 1.82) is 0 Å². The van der Waals surface area contributed by atoms with Crippen LogP contribution in [0.1, 0.15) is 15.9 Å². The van der Waals surface area contributed by atoms with Gasteiger partial charge in [-0.05, 0) is 53.7 Å². The number of hydrogen-bond acceptors (Lipinski definition) is 7. The first-order valence-corrected chi connectivity index (χ1v) is 10.1. The minimum absolute atomic E-state index is 0.0614. The Kier molecular flexibility index (Phi) is 6.77. The lowest BCUT2D eigenvalue weighted by molar-refractivity contribution is -0.121. The van der Waals surface area contributed by atoms with Crippen LogP contribution in [0.25, 0.3) is 6.08 Å². The second-order valence-corrected chi connectivity index (χ2v) is 7.71. The van der Waals surface area contributed by atoms with Crippen molar-refractivity contribution < 1.29 is 28.9 Å². The molecule has 1 N–H and O–H groups in total. The number of nitrogens with zero attached hydrogens (tertiary/aromatic N) is 2. The van der Waals surface area contributed by atoms with Crippen molar-refractivity contribution in [3.63, 3.8) is 0 Å². The smallest absolute Gasteiger partial charge is 0.337 e. The van der Waals surface area contributed by atoms with Gasteiger partial charge in [0.2, 0.25) is 5.75 Å². The predicted octanol–water partition coefficient (Wildman–Crippen LogP) is 4.30. The second-order valence-electron chi connectivity index (χ2n) is 6.30. The van der Waals surface area contributed by atoms with Crippen molar-refractivity contribution in [1.82, 2.24) is 4.90 Å². The Bertz CT molecular complexity index is 1090. The highest BCUT2D eigenvalue weighted by atomic mass is 35.5. The largest absolute Gasteiger partial charge is 0.493 e. The van der Waals surface area contributed by atoms with Crippen LogP contribution in [0.2, 0.25) is 5.02 Å². The maximum absolute atomic E-state index is 12.7. The van der Waals surface area contributed by atoms with Gasteiger partial charge in [0.25, 0.3) is 5.91 Å². The van der Waals surface area contributed by atoms with E-state index in [9.17, 15) is 14.7 Å². The molecule has 31 heavy (non-hydrogen) atoms. The predicted molar refractivity (Wildman–Crippen MR) is 120 cm³/mol. The molecule has 1 saturated heterocycles. The van der Waals surface area contributed by atoms with Crippen molar-refractivity contribution in [2.45, 2.75) is 0 Å². The van der Waals surface area contributed by atoms with Gasteiger partial charge in [0, 0.05) is 7.05 Å². The molecular weight excluding hydrogens is 444 g/mol. The van der Waals surface area contributed by atoms with E-state index in [2.05, 4.69) is 4.99 Å². The lowest BCUT2D eigenvalue weighted by Crippen LogP contribution is -2.23. The first kappa shape index (κ1) is 22.5. The number of aromatic carboxylic acids is 1. The third-order valence-electron chi connectivity index (χ3n) is 4.39. The summed E-state index contributed by atoms with van der Waals surface area (Å²) in [5, 5.41) is 9.75. The highest BCUT2D eigenvalue weighted by molar-refractivity contribution is 8.18. The van der Waals surface area contributed by atoms with Crippen molar-refractivity contribution >= 4 is 52.2 Å². The molecule has 2 aromatic carbocycles. The number of carbonyl (C=O) groups is 2. The molecule has 1 fully saturated rings. The molecule has 0 radical (unpaired) electrons. The van der Waals surface area contributed by atoms with E-state index in [0.29, 0.717) is 38.6 Å². The van der Waals surface area contributed by atoms with Crippen LogP contribution < -0.4 is 14.2 Å². The number of methoxy groups -OCH3 is 3. The average Bonchev–Trinajstić information content (AvgIpc) is 3.01. The molecule has 0 bridgehead atoms. The van der Waals surface area contributed by atoms with Crippen LogP contribution in [0, 0.1) is 0 Å². The molecule has 0 unspecified atom stereocenters. The monoisotopic (exact) mass is 462 g/mol. The fourth-order valence-corrected chi connectivity index (χ4v) is 4.03. The third kappa shape index (κ3) is 4.62. The molecule has 0 spiro atoms. The van der Waals surface area contributed by atoms with Gasteiger partial charge in [0.15, 0.2) is 16.7 Å². The van der Waals surface area contributed by atoms with E-state index < -0.39 is 5.97 Å². The molecule has 162 valence electrons. The first-order valence-electron chi connectivity index (χ1n) is 8.88. The number of thioether (sulfide) groups is 1.